The molecule has 0 aliphatic rings. The van der Waals surface area contributed by atoms with E-state index in [1.165, 1.54) is 19.2 Å². The van der Waals surface area contributed by atoms with Crippen LogP contribution in [-0.2, 0) is 10.1 Å². The minimum atomic E-state index is -0.486. The number of rotatable bonds is 3. The van der Waals surface area contributed by atoms with Crippen LogP contribution in [0.2, 0.25) is 0 Å². The van der Waals surface area contributed by atoms with Crippen molar-refractivity contribution in [3.05, 3.63) is 38.9 Å². The van der Waals surface area contributed by atoms with E-state index in [1.54, 1.807) is 6.92 Å². The molecule has 0 saturated carbocycles. The largest absolute Gasteiger partial charge is 0.465 e. The van der Waals surface area contributed by atoms with E-state index >= 15 is 0 Å². The number of hydrogen-bond donors (Lipinski definition) is 0. The molecule has 0 bridgehead atoms. The molecule has 1 aromatic carbocycles. The number of hydrogen-bond acceptors (Lipinski definition) is 4. The van der Waals surface area contributed by atoms with E-state index in [9.17, 15) is 14.9 Å². The first-order valence-electron chi connectivity index (χ1n) is 4.43. The Kier molecular flexibility index (Phi) is 4.00. The second kappa shape index (κ2) is 5.07. The molecule has 5 nitrogen and oxygen atoms in total. The van der Waals surface area contributed by atoms with Gasteiger partial charge in [-0.25, -0.2) is 4.79 Å². The Morgan fingerprint density at radius 2 is 2.19 bits per heavy atom. The van der Waals surface area contributed by atoms with Crippen LogP contribution in [0.15, 0.2) is 12.1 Å². The zero-order valence-corrected chi connectivity index (χ0v) is 10.4. The van der Waals surface area contributed by atoms with E-state index in [0.717, 1.165) is 0 Å². The summed E-state index contributed by atoms with van der Waals surface area (Å²) in [4.78, 5) is 21.6. The molecule has 0 aromatic heterocycles. The fraction of sp³-hybridized carbons (Fsp3) is 0.300. The third-order valence-electron chi connectivity index (χ3n) is 2.15. The normalized spacial score (nSPS) is 9.94. The fourth-order valence-electron chi connectivity index (χ4n) is 1.44. The van der Waals surface area contributed by atoms with Crippen molar-refractivity contribution < 1.29 is 14.5 Å². The van der Waals surface area contributed by atoms with Gasteiger partial charge in [0, 0.05) is 17.5 Å². The third kappa shape index (κ3) is 2.38. The van der Waals surface area contributed by atoms with Crippen LogP contribution >= 0.6 is 15.9 Å². The standard InChI is InChI=1S/C10H10BrNO4/c1-6-3-8(12(14)15)4-7(5-11)9(6)10(13)16-2/h3-4H,5H2,1-2H3. The lowest BCUT2D eigenvalue weighted by Gasteiger charge is -2.08. The van der Waals surface area contributed by atoms with Crippen molar-refractivity contribution >= 4 is 27.6 Å². The predicted molar refractivity (Wildman–Crippen MR) is 61.8 cm³/mol. The lowest BCUT2D eigenvalue weighted by molar-refractivity contribution is -0.385. The van der Waals surface area contributed by atoms with E-state index in [2.05, 4.69) is 20.7 Å². The van der Waals surface area contributed by atoms with Gasteiger partial charge in [0.25, 0.3) is 5.69 Å². The summed E-state index contributed by atoms with van der Waals surface area (Å²) in [6, 6.07) is 2.73. The minimum absolute atomic E-state index is 0.0281. The van der Waals surface area contributed by atoms with Crippen LogP contribution in [0, 0.1) is 17.0 Å². The summed E-state index contributed by atoms with van der Waals surface area (Å²) in [5.41, 5.74) is 1.44. The predicted octanol–water partition coefficient (Wildman–Crippen LogP) is 2.58. The molecule has 0 saturated heterocycles. The molecule has 0 aliphatic carbocycles. The highest BCUT2D eigenvalue weighted by atomic mass is 79.9. The number of non-ortho nitro benzene ring substituents is 1. The number of aryl methyl sites for hydroxylation is 1. The van der Waals surface area contributed by atoms with Crippen LogP contribution in [0.4, 0.5) is 5.69 Å². The van der Waals surface area contributed by atoms with Crippen LogP contribution < -0.4 is 0 Å². The van der Waals surface area contributed by atoms with Gasteiger partial charge in [0.05, 0.1) is 17.6 Å². The maximum atomic E-state index is 11.5. The first-order valence-corrected chi connectivity index (χ1v) is 5.55. The molecule has 86 valence electrons. The third-order valence-corrected chi connectivity index (χ3v) is 2.75. The van der Waals surface area contributed by atoms with Gasteiger partial charge < -0.3 is 4.74 Å². The molecule has 0 spiro atoms. The molecule has 0 amide bonds. The molecule has 0 N–H and O–H groups in total. The number of carbonyl (C=O) groups is 1. The highest BCUT2D eigenvalue weighted by Gasteiger charge is 2.19. The van der Waals surface area contributed by atoms with Gasteiger partial charge in [-0.2, -0.15) is 0 Å². The fourth-order valence-corrected chi connectivity index (χ4v) is 1.89. The van der Waals surface area contributed by atoms with Crippen LogP contribution in [0.25, 0.3) is 0 Å². The summed E-state index contributed by atoms with van der Waals surface area (Å²) in [5.74, 6) is -0.484. The molecule has 0 aliphatic heterocycles. The van der Waals surface area contributed by atoms with Crippen LogP contribution in [-0.4, -0.2) is 18.0 Å². The Labute approximate surface area is 101 Å². The van der Waals surface area contributed by atoms with Gasteiger partial charge in [-0.05, 0) is 18.1 Å². The van der Waals surface area contributed by atoms with Crippen molar-refractivity contribution in [2.45, 2.75) is 12.3 Å². The van der Waals surface area contributed by atoms with Crippen molar-refractivity contribution in [2.75, 3.05) is 7.11 Å². The van der Waals surface area contributed by atoms with Gasteiger partial charge in [-0.15, -0.1) is 0 Å². The zero-order chi connectivity index (χ0) is 12.3. The number of ether oxygens (including phenoxy) is 1. The van der Waals surface area contributed by atoms with Gasteiger partial charge in [-0.3, -0.25) is 10.1 Å². The molecule has 16 heavy (non-hydrogen) atoms. The SMILES string of the molecule is COC(=O)c1c(C)cc([N+](=O)[O-])cc1CBr. The Balaban J connectivity index is 3.40. The van der Waals surface area contributed by atoms with E-state index < -0.39 is 10.9 Å². The molecule has 0 heterocycles. The van der Waals surface area contributed by atoms with E-state index in [-0.39, 0.29) is 5.69 Å². The summed E-state index contributed by atoms with van der Waals surface area (Å²) < 4.78 is 4.63. The summed E-state index contributed by atoms with van der Waals surface area (Å²) in [7, 11) is 1.28. The molecule has 0 atom stereocenters. The summed E-state index contributed by atoms with van der Waals surface area (Å²) >= 11 is 3.19. The van der Waals surface area contributed by atoms with Gasteiger partial charge in [0.2, 0.25) is 0 Å². The number of carbonyl (C=O) groups excluding carboxylic acids is 1. The highest BCUT2D eigenvalue weighted by molar-refractivity contribution is 9.08. The van der Waals surface area contributed by atoms with Crippen molar-refractivity contribution in [3.8, 4) is 0 Å². The highest BCUT2D eigenvalue weighted by Crippen LogP contribution is 2.24. The second-order valence-electron chi connectivity index (χ2n) is 3.18. The maximum absolute atomic E-state index is 11.5. The van der Waals surface area contributed by atoms with Gasteiger partial charge in [0.15, 0.2) is 0 Å². The topological polar surface area (TPSA) is 69.4 Å². The number of methoxy groups -OCH3 is 1. The zero-order valence-electron chi connectivity index (χ0n) is 8.82. The molecule has 0 unspecified atom stereocenters. The van der Waals surface area contributed by atoms with E-state index in [0.29, 0.717) is 22.0 Å². The summed E-state index contributed by atoms with van der Waals surface area (Å²) in [6.45, 7) is 1.64. The summed E-state index contributed by atoms with van der Waals surface area (Å²) in [5, 5.41) is 11.0. The summed E-state index contributed by atoms with van der Waals surface area (Å²) in [6.07, 6.45) is 0. The Morgan fingerprint density at radius 1 is 1.56 bits per heavy atom. The molecule has 0 fully saturated rings. The Bertz CT molecular complexity index is 445. The van der Waals surface area contributed by atoms with Crippen LogP contribution in [0.5, 0.6) is 0 Å². The average Bonchev–Trinajstić information content (AvgIpc) is 2.26. The van der Waals surface area contributed by atoms with Gasteiger partial charge in [-0.1, -0.05) is 15.9 Å². The Morgan fingerprint density at radius 3 is 2.62 bits per heavy atom. The number of halogens is 1. The molecular formula is C10H10BrNO4. The lowest BCUT2D eigenvalue weighted by atomic mass is 10.0. The Hall–Kier alpha value is -1.43. The second-order valence-corrected chi connectivity index (χ2v) is 3.74. The smallest absolute Gasteiger partial charge is 0.338 e. The van der Waals surface area contributed by atoms with E-state index in [1.807, 2.05) is 0 Å². The molecular weight excluding hydrogens is 278 g/mol. The molecule has 0 radical (unpaired) electrons. The average molecular weight is 288 g/mol. The molecule has 1 aromatic rings. The first-order chi connectivity index (χ1) is 7.51. The first kappa shape index (κ1) is 12.6. The lowest BCUT2D eigenvalue weighted by Crippen LogP contribution is -2.08. The number of nitro benzene ring substituents is 1. The number of nitrogens with zero attached hydrogens (tertiary/aromatic N) is 1. The maximum Gasteiger partial charge on any atom is 0.338 e. The number of nitro groups is 1. The van der Waals surface area contributed by atoms with Crippen LogP contribution in [0.3, 0.4) is 0 Å². The number of esters is 1. The number of alkyl halides is 1. The molecule has 6 heteroatoms. The van der Waals surface area contributed by atoms with Crippen molar-refractivity contribution in [3.63, 3.8) is 0 Å². The van der Waals surface area contributed by atoms with Gasteiger partial charge in [0.1, 0.15) is 0 Å². The number of benzene rings is 1. The molecule has 1 rings (SSSR count). The minimum Gasteiger partial charge on any atom is -0.465 e. The monoisotopic (exact) mass is 287 g/mol. The quantitative estimate of drug-likeness (QED) is 0.371. The van der Waals surface area contributed by atoms with Crippen molar-refractivity contribution in [1.82, 2.24) is 0 Å². The van der Waals surface area contributed by atoms with Crippen molar-refractivity contribution in [2.24, 2.45) is 0 Å². The van der Waals surface area contributed by atoms with Crippen LogP contribution in [0.1, 0.15) is 21.5 Å². The van der Waals surface area contributed by atoms with E-state index in [4.69, 9.17) is 0 Å². The van der Waals surface area contributed by atoms with Crippen molar-refractivity contribution in [1.29, 1.82) is 0 Å². The van der Waals surface area contributed by atoms with Gasteiger partial charge >= 0.3 is 5.97 Å².